The second-order valence-electron chi connectivity index (χ2n) is 6.42. The molecule has 2 heterocycles. The smallest absolute Gasteiger partial charge is 0.322 e. The maximum absolute atomic E-state index is 12.4. The van der Waals surface area contributed by atoms with E-state index in [-0.39, 0.29) is 41.0 Å². The van der Waals surface area contributed by atoms with Crippen molar-refractivity contribution in [3.63, 3.8) is 0 Å². The molecule has 3 rings (SSSR count). The van der Waals surface area contributed by atoms with Crippen LogP contribution in [0.15, 0.2) is 33.6 Å². The van der Waals surface area contributed by atoms with Gasteiger partial charge in [-0.3, -0.25) is 14.9 Å². The van der Waals surface area contributed by atoms with Gasteiger partial charge in [0.25, 0.3) is 0 Å². The van der Waals surface area contributed by atoms with Crippen molar-refractivity contribution in [1.82, 2.24) is 10.2 Å². The number of anilines is 2. The van der Waals surface area contributed by atoms with E-state index in [1.165, 1.54) is 12.1 Å². The first-order valence-corrected chi connectivity index (χ1v) is 10.4. The summed E-state index contributed by atoms with van der Waals surface area (Å²) in [5, 5.41) is 10.3. The maximum atomic E-state index is 12.4. The van der Waals surface area contributed by atoms with E-state index in [1.54, 1.807) is 17.0 Å². The van der Waals surface area contributed by atoms with Gasteiger partial charge in [0, 0.05) is 31.3 Å². The minimum absolute atomic E-state index is 0.0202. The molecule has 2 aromatic rings. The van der Waals surface area contributed by atoms with Crippen LogP contribution in [0.2, 0.25) is 0 Å². The summed E-state index contributed by atoms with van der Waals surface area (Å²) in [6.45, 7) is 2.22. The number of hydrogen-bond acceptors (Lipinski definition) is 7. The van der Waals surface area contributed by atoms with Crippen molar-refractivity contribution < 1.29 is 22.4 Å². The van der Waals surface area contributed by atoms with Gasteiger partial charge in [0.2, 0.25) is 17.7 Å². The first-order chi connectivity index (χ1) is 12.8. The number of benzene rings is 1. The molecule has 1 aromatic carbocycles. The van der Waals surface area contributed by atoms with Crippen molar-refractivity contribution in [2.75, 3.05) is 23.0 Å². The van der Waals surface area contributed by atoms with Crippen LogP contribution in [0.1, 0.15) is 38.0 Å². The van der Waals surface area contributed by atoms with Crippen LogP contribution in [0.4, 0.5) is 11.7 Å². The topological polar surface area (TPSA) is 122 Å². The molecular formula is C17H20N4O5S. The van der Waals surface area contributed by atoms with E-state index in [2.05, 4.69) is 15.5 Å². The van der Waals surface area contributed by atoms with Gasteiger partial charge in [-0.15, -0.1) is 5.10 Å². The van der Waals surface area contributed by atoms with Crippen molar-refractivity contribution in [1.29, 1.82) is 0 Å². The van der Waals surface area contributed by atoms with Crippen molar-refractivity contribution >= 4 is 33.4 Å². The normalized spacial score (nSPS) is 17.3. The molecule has 1 aromatic heterocycles. The van der Waals surface area contributed by atoms with Gasteiger partial charge >= 0.3 is 6.01 Å². The quantitative estimate of drug-likeness (QED) is 0.794. The van der Waals surface area contributed by atoms with E-state index >= 15 is 0 Å². The number of amides is 2. The van der Waals surface area contributed by atoms with Crippen LogP contribution in [0.3, 0.4) is 0 Å². The van der Waals surface area contributed by atoms with E-state index in [9.17, 15) is 18.0 Å². The van der Waals surface area contributed by atoms with Crippen molar-refractivity contribution in [2.24, 2.45) is 0 Å². The Labute approximate surface area is 156 Å². The second-order valence-corrected chi connectivity index (χ2v) is 8.43. The Hall–Kier alpha value is -2.75. The Kier molecular flexibility index (Phi) is 5.26. The van der Waals surface area contributed by atoms with Crippen LogP contribution in [0.25, 0.3) is 0 Å². The van der Waals surface area contributed by atoms with E-state index < -0.39 is 9.84 Å². The van der Waals surface area contributed by atoms with Crippen LogP contribution in [-0.4, -0.2) is 43.2 Å². The van der Waals surface area contributed by atoms with Crippen LogP contribution in [0, 0.1) is 0 Å². The molecule has 2 amide bonds. The van der Waals surface area contributed by atoms with Gasteiger partial charge in [0.1, 0.15) is 0 Å². The Morgan fingerprint density at radius 1 is 1.30 bits per heavy atom. The first-order valence-electron chi connectivity index (χ1n) is 8.51. The van der Waals surface area contributed by atoms with Crippen molar-refractivity contribution in [3.8, 4) is 0 Å². The molecule has 27 heavy (non-hydrogen) atoms. The molecular weight excluding hydrogens is 372 g/mol. The third-order valence-corrected chi connectivity index (χ3v) is 5.34. The summed E-state index contributed by atoms with van der Waals surface area (Å²) >= 11 is 0. The van der Waals surface area contributed by atoms with Crippen molar-refractivity contribution in [2.45, 2.75) is 37.0 Å². The lowest BCUT2D eigenvalue weighted by Gasteiger charge is -2.16. The van der Waals surface area contributed by atoms with Gasteiger partial charge in [-0.05, 0) is 30.7 Å². The molecule has 0 aliphatic carbocycles. The van der Waals surface area contributed by atoms with Gasteiger partial charge < -0.3 is 9.32 Å². The molecule has 1 N–H and O–H groups in total. The standard InChI is InChI=1S/C17H20N4O5S/c1-3-4-14(22)18-17-20-19-16(26-17)11-9-15(23)21(10-11)12-5-7-13(8-6-12)27(2,24)25/h5-8,11H,3-4,9-10H2,1-2H3,(H,18,20,22)/t11-/m1/s1. The van der Waals surface area contributed by atoms with E-state index in [1.807, 2.05) is 6.92 Å². The molecule has 0 saturated carbocycles. The molecule has 0 spiro atoms. The monoisotopic (exact) mass is 392 g/mol. The molecule has 9 nitrogen and oxygen atoms in total. The average molecular weight is 392 g/mol. The van der Waals surface area contributed by atoms with E-state index in [0.29, 0.717) is 25.1 Å². The first kappa shape index (κ1) is 19.0. The molecule has 10 heteroatoms. The number of rotatable bonds is 6. The van der Waals surface area contributed by atoms with Gasteiger partial charge in [-0.2, -0.15) is 0 Å². The second kappa shape index (κ2) is 7.47. The summed E-state index contributed by atoms with van der Waals surface area (Å²) in [6.07, 6.45) is 2.39. The lowest BCUT2D eigenvalue weighted by atomic mass is 10.1. The van der Waals surface area contributed by atoms with E-state index in [0.717, 1.165) is 6.26 Å². The predicted octanol–water partition coefficient (Wildman–Crippen LogP) is 1.73. The number of aromatic nitrogens is 2. The third kappa shape index (κ3) is 4.33. The molecule has 1 saturated heterocycles. The highest BCUT2D eigenvalue weighted by Crippen LogP contribution is 2.32. The minimum Gasteiger partial charge on any atom is -0.407 e. The Morgan fingerprint density at radius 2 is 2.00 bits per heavy atom. The number of nitrogens with zero attached hydrogens (tertiary/aromatic N) is 3. The number of hydrogen-bond donors (Lipinski definition) is 1. The van der Waals surface area contributed by atoms with Crippen molar-refractivity contribution in [3.05, 3.63) is 30.2 Å². The number of nitrogens with one attached hydrogen (secondary N) is 1. The summed E-state index contributed by atoms with van der Waals surface area (Å²) in [4.78, 5) is 25.7. The van der Waals surface area contributed by atoms with Crippen LogP contribution in [-0.2, 0) is 19.4 Å². The summed E-state index contributed by atoms with van der Waals surface area (Å²) in [6, 6.07) is 6.16. The minimum atomic E-state index is -3.29. The summed E-state index contributed by atoms with van der Waals surface area (Å²) in [5.74, 6) is -0.341. The maximum Gasteiger partial charge on any atom is 0.322 e. The van der Waals surface area contributed by atoms with Crippen LogP contribution in [0.5, 0.6) is 0 Å². The Bertz CT molecular complexity index is 952. The lowest BCUT2D eigenvalue weighted by molar-refractivity contribution is -0.117. The Balaban J connectivity index is 1.70. The number of sulfone groups is 1. The van der Waals surface area contributed by atoms with Gasteiger partial charge in [0.05, 0.1) is 10.8 Å². The molecule has 144 valence electrons. The van der Waals surface area contributed by atoms with Gasteiger partial charge in [-0.25, -0.2) is 8.42 Å². The van der Waals surface area contributed by atoms with Crippen LogP contribution < -0.4 is 10.2 Å². The fraction of sp³-hybridized carbons (Fsp3) is 0.412. The zero-order valence-electron chi connectivity index (χ0n) is 15.0. The average Bonchev–Trinajstić information content (AvgIpc) is 3.21. The molecule has 0 unspecified atom stereocenters. The zero-order valence-corrected chi connectivity index (χ0v) is 15.8. The predicted molar refractivity (Wildman–Crippen MR) is 97.1 cm³/mol. The van der Waals surface area contributed by atoms with Gasteiger partial charge in [-0.1, -0.05) is 12.0 Å². The molecule has 1 fully saturated rings. The zero-order chi connectivity index (χ0) is 19.6. The lowest BCUT2D eigenvalue weighted by Crippen LogP contribution is -2.24. The number of carbonyl (C=O) groups excluding carboxylic acids is 2. The fourth-order valence-electron chi connectivity index (χ4n) is 2.85. The van der Waals surface area contributed by atoms with Crippen LogP contribution >= 0.6 is 0 Å². The fourth-order valence-corrected chi connectivity index (χ4v) is 3.49. The highest BCUT2D eigenvalue weighted by Gasteiger charge is 2.35. The molecule has 0 radical (unpaired) electrons. The SMILES string of the molecule is CCCC(=O)Nc1nnc([C@@H]2CC(=O)N(c3ccc(S(C)(=O)=O)cc3)C2)o1. The Morgan fingerprint density at radius 3 is 2.63 bits per heavy atom. The highest BCUT2D eigenvalue weighted by molar-refractivity contribution is 7.90. The largest absolute Gasteiger partial charge is 0.407 e. The third-order valence-electron chi connectivity index (χ3n) is 4.21. The van der Waals surface area contributed by atoms with E-state index in [4.69, 9.17) is 4.42 Å². The summed E-state index contributed by atoms with van der Waals surface area (Å²) < 4.78 is 28.6. The molecule has 0 bridgehead atoms. The summed E-state index contributed by atoms with van der Waals surface area (Å²) in [7, 11) is -3.29. The number of carbonyl (C=O) groups is 2. The highest BCUT2D eigenvalue weighted by atomic mass is 32.2. The summed E-state index contributed by atoms with van der Waals surface area (Å²) in [5.41, 5.74) is 0.603. The molecule has 1 aliphatic heterocycles. The molecule has 1 atom stereocenters. The van der Waals surface area contributed by atoms with Gasteiger partial charge in [0.15, 0.2) is 9.84 Å². The molecule has 1 aliphatic rings.